The van der Waals surface area contributed by atoms with Crippen LogP contribution in [0.4, 0.5) is 0 Å². The SMILES string of the molecule is COCCCCOc1ccc(C2CCNCC2)cc1. The molecule has 0 unspecified atom stereocenters. The number of ether oxygens (including phenoxy) is 2. The van der Waals surface area contributed by atoms with Gasteiger partial charge in [-0.25, -0.2) is 0 Å². The van der Waals surface area contributed by atoms with E-state index in [9.17, 15) is 0 Å². The second kappa shape index (κ2) is 8.18. The van der Waals surface area contributed by atoms with Gasteiger partial charge in [0.2, 0.25) is 0 Å². The lowest BCUT2D eigenvalue weighted by atomic mass is 9.90. The fourth-order valence-electron chi connectivity index (χ4n) is 2.53. The average molecular weight is 263 g/mol. The Labute approximate surface area is 116 Å². The van der Waals surface area contributed by atoms with Crippen LogP contribution in [0.5, 0.6) is 5.75 Å². The van der Waals surface area contributed by atoms with Crippen LogP contribution in [0.3, 0.4) is 0 Å². The van der Waals surface area contributed by atoms with Crippen molar-refractivity contribution in [1.82, 2.24) is 5.32 Å². The summed E-state index contributed by atoms with van der Waals surface area (Å²) in [6, 6.07) is 8.66. The van der Waals surface area contributed by atoms with Gasteiger partial charge >= 0.3 is 0 Å². The minimum absolute atomic E-state index is 0.719. The first-order chi connectivity index (χ1) is 9.40. The van der Waals surface area contributed by atoms with Gasteiger partial charge in [-0.3, -0.25) is 0 Å². The summed E-state index contributed by atoms with van der Waals surface area (Å²) in [4.78, 5) is 0. The number of benzene rings is 1. The Morgan fingerprint density at radius 3 is 2.42 bits per heavy atom. The zero-order valence-electron chi connectivity index (χ0n) is 11.9. The Hall–Kier alpha value is -1.06. The standard InChI is InChI=1S/C16H25NO2/c1-18-12-2-3-13-19-16-6-4-14(5-7-16)15-8-10-17-11-9-15/h4-7,15,17H,2-3,8-13H2,1H3. The van der Waals surface area contributed by atoms with Crippen LogP contribution in [-0.2, 0) is 4.74 Å². The van der Waals surface area contributed by atoms with Crippen molar-refractivity contribution in [3.05, 3.63) is 29.8 Å². The first-order valence-corrected chi connectivity index (χ1v) is 7.32. The van der Waals surface area contributed by atoms with E-state index in [0.717, 1.165) is 50.8 Å². The molecule has 0 spiro atoms. The lowest BCUT2D eigenvalue weighted by Crippen LogP contribution is -2.26. The lowest BCUT2D eigenvalue weighted by molar-refractivity contribution is 0.184. The van der Waals surface area contributed by atoms with E-state index in [1.807, 2.05) is 0 Å². The number of hydrogen-bond donors (Lipinski definition) is 1. The Morgan fingerprint density at radius 2 is 1.74 bits per heavy atom. The van der Waals surface area contributed by atoms with Gasteiger partial charge in [0.05, 0.1) is 6.61 Å². The highest BCUT2D eigenvalue weighted by Crippen LogP contribution is 2.26. The maximum Gasteiger partial charge on any atom is 0.119 e. The zero-order chi connectivity index (χ0) is 13.3. The maximum atomic E-state index is 5.73. The summed E-state index contributed by atoms with van der Waals surface area (Å²) in [6.45, 7) is 3.87. The molecule has 1 heterocycles. The van der Waals surface area contributed by atoms with E-state index in [2.05, 4.69) is 29.6 Å². The normalized spacial score (nSPS) is 16.5. The monoisotopic (exact) mass is 263 g/mol. The molecule has 0 amide bonds. The highest BCUT2D eigenvalue weighted by atomic mass is 16.5. The van der Waals surface area contributed by atoms with Crippen molar-refractivity contribution >= 4 is 0 Å². The van der Waals surface area contributed by atoms with Crippen LogP contribution in [0.15, 0.2) is 24.3 Å². The Balaban J connectivity index is 1.74. The van der Waals surface area contributed by atoms with Crippen molar-refractivity contribution in [3.63, 3.8) is 0 Å². The van der Waals surface area contributed by atoms with Crippen molar-refractivity contribution < 1.29 is 9.47 Å². The van der Waals surface area contributed by atoms with Gasteiger partial charge < -0.3 is 14.8 Å². The fraction of sp³-hybridized carbons (Fsp3) is 0.625. The summed E-state index contributed by atoms with van der Waals surface area (Å²) < 4.78 is 10.7. The molecule has 0 bridgehead atoms. The number of unbranched alkanes of at least 4 members (excludes halogenated alkanes) is 1. The quantitative estimate of drug-likeness (QED) is 0.767. The lowest BCUT2D eigenvalue weighted by Gasteiger charge is -2.23. The molecule has 2 rings (SSSR count). The molecule has 106 valence electrons. The molecular formula is C16H25NO2. The minimum atomic E-state index is 0.719. The Kier molecular flexibility index (Phi) is 6.18. The summed E-state index contributed by atoms with van der Waals surface area (Å²) >= 11 is 0. The maximum absolute atomic E-state index is 5.73. The molecule has 1 aromatic carbocycles. The third-order valence-electron chi connectivity index (χ3n) is 3.70. The van der Waals surface area contributed by atoms with Gasteiger partial charge in [-0.05, 0) is 62.4 Å². The number of hydrogen-bond acceptors (Lipinski definition) is 3. The fourth-order valence-corrected chi connectivity index (χ4v) is 2.53. The third kappa shape index (κ3) is 4.84. The summed E-state index contributed by atoms with van der Waals surface area (Å²) in [6.07, 6.45) is 4.60. The summed E-state index contributed by atoms with van der Waals surface area (Å²) in [7, 11) is 1.74. The van der Waals surface area contributed by atoms with Crippen LogP contribution in [0.2, 0.25) is 0 Å². The van der Waals surface area contributed by atoms with E-state index >= 15 is 0 Å². The molecule has 1 aliphatic heterocycles. The smallest absolute Gasteiger partial charge is 0.119 e. The van der Waals surface area contributed by atoms with Gasteiger partial charge in [-0.15, -0.1) is 0 Å². The van der Waals surface area contributed by atoms with Gasteiger partial charge in [-0.2, -0.15) is 0 Å². The van der Waals surface area contributed by atoms with E-state index in [-0.39, 0.29) is 0 Å². The highest BCUT2D eigenvalue weighted by molar-refractivity contribution is 5.29. The summed E-state index contributed by atoms with van der Waals surface area (Å²) in [5.41, 5.74) is 1.45. The Bertz CT molecular complexity index is 344. The molecule has 0 radical (unpaired) electrons. The van der Waals surface area contributed by atoms with Gasteiger partial charge in [0.15, 0.2) is 0 Å². The topological polar surface area (TPSA) is 30.5 Å². The molecule has 0 aliphatic carbocycles. The van der Waals surface area contributed by atoms with Crippen LogP contribution in [-0.4, -0.2) is 33.4 Å². The van der Waals surface area contributed by atoms with Crippen LogP contribution >= 0.6 is 0 Å². The van der Waals surface area contributed by atoms with Crippen molar-refractivity contribution in [2.75, 3.05) is 33.4 Å². The molecule has 3 nitrogen and oxygen atoms in total. The van der Waals surface area contributed by atoms with Crippen molar-refractivity contribution in [3.8, 4) is 5.75 Å². The van der Waals surface area contributed by atoms with Gasteiger partial charge in [0.1, 0.15) is 5.75 Å². The number of nitrogens with one attached hydrogen (secondary N) is 1. The van der Waals surface area contributed by atoms with Gasteiger partial charge in [0.25, 0.3) is 0 Å². The number of rotatable bonds is 7. The highest BCUT2D eigenvalue weighted by Gasteiger charge is 2.14. The van der Waals surface area contributed by atoms with Gasteiger partial charge in [0, 0.05) is 13.7 Å². The molecule has 1 aliphatic rings. The van der Waals surface area contributed by atoms with Crippen LogP contribution in [0.25, 0.3) is 0 Å². The third-order valence-corrected chi connectivity index (χ3v) is 3.70. The van der Waals surface area contributed by atoms with Gasteiger partial charge in [-0.1, -0.05) is 12.1 Å². The van der Waals surface area contributed by atoms with Crippen molar-refractivity contribution in [1.29, 1.82) is 0 Å². The van der Waals surface area contributed by atoms with E-state index in [1.54, 1.807) is 7.11 Å². The largest absolute Gasteiger partial charge is 0.494 e. The second-order valence-electron chi connectivity index (χ2n) is 5.14. The van der Waals surface area contributed by atoms with E-state index < -0.39 is 0 Å². The summed E-state index contributed by atoms with van der Waals surface area (Å²) in [5.74, 6) is 1.70. The van der Waals surface area contributed by atoms with E-state index in [0.29, 0.717) is 0 Å². The molecule has 1 N–H and O–H groups in total. The summed E-state index contributed by atoms with van der Waals surface area (Å²) in [5, 5.41) is 3.41. The predicted octanol–water partition coefficient (Wildman–Crippen LogP) is 2.96. The number of methoxy groups -OCH3 is 1. The van der Waals surface area contributed by atoms with Crippen molar-refractivity contribution in [2.45, 2.75) is 31.6 Å². The molecule has 1 aromatic rings. The molecule has 0 aromatic heterocycles. The Morgan fingerprint density at radius 1 is 1.05 bits per heavy atom. The molecule has 1 saturated heterocycles. The second-order valence-corrected chi connectivity index (χ2v) is 5.14. The van der Waals surface area contributed by atoms with Crippen LogP contribution < -0.4 is 10.1 Å². The van der Waals surface area contributed by atoms with Crippen LogP contribution in [0.1, 0.15) is 37.2 Å². The molecule has 1 fully saturated rings. The molecule has 19 heavy (non-hydrogen) atoms. The van der Waals surface area contributed by atoms with E-state index in [4.69, 9.17) is 9.47 Å². The first-order valence-electron chi connectivity index (χ1n) is 7.32. The molecule has 3 heteroatoms. The van der Waals surface area contributed by atoms with Crippen molar-refractivity contribution in [2.24, 2.45) is 0 Å². The first kappa shape index (κ1) is 14.4. The number of piperidine rings is 1. The minimum Gasteiger partial charge on any atom is -0.494 e. The predicted molar refractivity (Wildman–Crippen MR) is 77.9 cm³/mol. The molecule has 0 saturated carbocycles. The molecular weight excluding hydrogens is 238 g/mol. The zero-order valence-corrected chi connectivity index (χ0v) is 11.9. The average Bonchev–Trinajstić information content (AvgIpc) is 2.49. The molecule has 0 atom stereocenters. The van der Waals surface area contributed by atoms with Crippen LogP contribution in [0, 0.1) is 0 Å². The van der Waals surface area contributed by atoms with E-state index in [1.165, 1.54) is 18.4 Å².